The van der Waals surface area contributed by atoms with Gasteiger partial charge in [-0.15, -0.1) is 0 Å². The van der Waals surface area contributed by atoms with E-state index in [2.05, 4.69) is 15.6 Å². The fraction of sp³-hybridized carbons (Fsp3) is 0.571. The number of anilines is 1. The number of methoxy groups -OCH3 is 1. The van der Waals surface area contributed by atoms with Gasteiger partial charge >= 0.3 is 11.9 Å². The van der Waals surface area contributed by atoms with Gasteiger partial charge in [0.05, 0.1) is 22.9 Å². The molecule has 9 heteroatoms. The Bertz CT molecular complexity index is 1010. The first-order valence-electron chi connectivity index (χ1n) is 10.5. The van der Waals surface area contributed by atoms with E-state index in [4.69, 9.17) is 20.8 Å². The molecule has 2 N–H and O–H groups in total. The van der Waals surface area contributed by atoms with Crippen molar-refractivity contribution in [1.82, 2.24) is 15.2 Å². The van der Waals surface area contributed by atoms with E-state index in [1.807, 2.05) is 0 Å². The molecule has 1 spiro atoms. The number of ether oxygens (including phenoxy) is 1. The zero-order chi connectivity index (χ0) is 20.9. The van der Waals surface area contributed by atoms with Crippen molar-refractivity contribution < 1.29 is 18.7 Å². The summed E-state index contributed by atoms with van der Waals surface area (Å²) in [7, 11) is 1.67. The number of aromatic nitrogens is 1. The number of urea groups is 1. The number of hydrogen-bond donors (Lipinski definition) is 2. The number of fused-ring (bicyclic) bond motifs is 4. The number of benzene rings is 1. The first-order chi connectivity index (χ1) is 14.5. The topological polar surface area (TPSA) is 96.7 Å². The number of halogens is 1. The van der Waals surface area contributed by atoms with Crippen LogP contribution < -0.4 is 10.6 Å². The molecule has 3 aliphatic rings. The Kier molecular flexibility index (Phi) is 4.86. The molecule has 30 heavy (non-hydrogen) atoms. The Labute approximate surface area is 179 Å². The lowest BCUT2D eigenvalue weighted by Crippen LogP contribution is -2.52. The first kappa shape index (κ1) is 19.6. The molecule has 160 valence electrons. The molecule has 1 atom stereocenters. The van der Waals surface area contributed by atoms with E-state index >= 15 is 0 Å². The summed E-state index contributed by atoms with van der Waals surface area (Å²) < 4.78 is 11.3. The van der Waals surface area contributed by atoms with Crippen LogP contribution in [-0.4, -0.2) is 48.6 Å². The van der Waals surface area contributed by atoms with Gasteiger partial charge < -0.3 is 24.7 Å². The fourth-order valence-corrected chi connectivity index (χ4v) is 5.43. The Hall–Kier alpha value is -2.32. The lowest BCUT2D eigenvalue weighted by atomic mass is 9.74. The second-order valence-corrected chi connectivity index (χ2v) is 8.97. The quantitative estimate of drug-likeness (QED) is 0.767. The van der Waals surface area contributed by atoms with Gasteiger partial charge in [0.1, 0.15) is 5.52 Å². The largest absolute Gasteiger partial charge is 0.432 e. The summed E-state index contributed by atoms with van der Waals surface area (Å²) in [5, 5.41) is 6.35. The van der Waals surface area contributed by atoms with E-state index < -0.39 is 5.54 Å². The van der Waals surface area contributed by atoms with Crippen LogP contribution in [0.4, 0.5) is 10.5 Å². The van der Waals surface area contributed by atoms with Crippen LogP contribution in [0, 0.1) is 5.92 Å². The van der Waals surface area contributed by atoms with Crippen LogP contribution >= 0.6 is 11.6 Å². The molecular weight excluding hydrogens is 408 g/mol. The molecule has 1 aliphatic carbocycles. The molecule has 0 bridgehead atoms. The monoisotopic (exact) mass is 432 g/mol. The Balaban J connectivity index is 1.56. The Morgan fingerprint density at radius 3 is 2.97 bits per heavy atom. The molecule has 3 heterocycles. The molecule has 2 aliphatic heterocycles. The number of oxazole rings is 1. The summed E-state index contributed by atoms with van der Waals surface area (Å²) in [6.45, 7) is 1.92. The second-order valence-electron chi connectivity index (χ2n) is 8.56. The van der Waals surface area contributed by atoms with Gasteiger partial charge in [-0.2, -0.15) is 0 Å². The lowest BCUT2D eigenvalue weighted by molar-refractivity contribution is 0.0738. The van der Waals surface area contributed by atoms with Gasteiger partial charge in [0, 0.05) is 31.7 Å². The number of likely N-dealkylation sites (tertiary alicyclic amines) is 1. The molecular formula is C21H25ClN4O4. The fourth-order valence-electron chi connectivity index (χ4n) is 5.18. The van der Waals surface area contributed by atoms with Crippen LogP contribution in [0.5, 0.6) is 0 Å². The number of amides is 3. The number of nitrogens with zero attached hydrogens (tertiary/aromatic N) is 2. The predicted octanol–water partition coefficient (Wildman–Crippen LogP) is 3.88. The minimum absolute atomic E-state index is 0.0652. The zero-order valence-electron chi connectivity index (χ0n) is 16.9. The third-order valence-electron chi connectivity index (χ3n) is 6.57. The van der Waals surface area contributed by atoms with E-state index in [-0.39, 0.29) is 17.8 Å². The summed E-state index contributed by atoms with van der Waals surface area (Å²) in [6.07, 6.45) is 5.64. The van der Waals surface area contributed by atoms with E-state index in [1.54, 1.807) is 18.1 Å². The number of carbonyl (C=O) groups is 2. The molecule has 1 saturated carbocycles. The highest BCUT2D eigenvalue weighted by Crippen LogP contribution is 2.48. The average Bonchev–Trinajstić information content (AvgIpc) is 3.35. The van der Waals surface area contributed by atoms with E-state index in [1.165, 1.54) is 0 Å². The van der Waals surface area contributed by atoms with Crippen molar-refractivity contribution in [3.8, 4) is 0 Å². The van der Waals surface area contributed by atoms with Gasteiger partial charge in [-0.05, 0) is 25.3 Å². The summed E-state index contributed by atoms with van der Waals surface area (Å²) in [4.78, 5) is 31.7. The highest BCUT2D eigenvalue weighted by Gasteiger charge is 2.44. The highest BCUT2D eigenvalue weighted by molar-refractivity contribution is 6.35. The molecule has 8 nitrogen and oxygen atoms in total. The van der Waals surface area contributed by atoms with Crippen molar-refractivity contribution in [2.45, 2.75) is 44.1 Å². The van der Waals surface area contributed by atoms with Gasteiger partial charge in [-0.25, -0.2) is 9.78 Å². The molecule has 1 aromatic heterocycles. The smallest absolute Gasteiger partial charge is 0.319 e. The van der Waals surface area contributed by atoms with Crippen LogP contribution in [0.1, 0.15) is 54.8 Å². The van der Waals surface area contributed by atoms with Crippen molar-refractivity contribution in [2.75, 3.05) is 32.1 Å². The molecule has 0 radical (unpaired) electrons. The van der Waals surface area contributed by atoms with Crippen LogP contribution in [-0.2, 0) is 10.3 Å². The normalized spacial score (nSPS) is 22.8. The van der Waals surface area contributed by atoms with Crippen LogP contribution in [0.25, 0.3) is 11.1 Å². The van der Waals surface area contributed by atoms with Crippen molar-refractivity contribution in [3.63, 3.8) is 0 Å². The molecule has 2 aromatic rings. The SMILES string of the molecule is COC[C@@H]1CCN(C(=O)c2nc3cc(Cl)c4c(c3o2)C2(CCCCC2)NC(=O)N4)C1. The van der Waals surface area contributed by atoms with Gasteiger partial charge in [-0.3, -0.25) is 4.79 Å². The zero-order valence-corrected chi connectivity index (χ0v) is 17.7. The molecule has 2 fully saturated rings. The minimum Gasteiger partial charge on any atom is -0.432 e. The Morgan fingerprint density at radius 1 is 1.40 bits per heavy atom. The van der Waals surface area contributed by atoms with Gasteiger partial charge in [0.25, 0.3) is 5.89 Å². The maximum atomic E-state index is 13.0. The van der Waals surface area contributed by atoms with Crippen LogP contribution in [0.2, 0.25) is 5.02 Å². The molecule has 0 unspecified atom stereocenters. The third kappa shape index (κ3) is 3.13. The van der Waals surface area contributed by atoms with Gasteiger partial charge in [-0.1, -0.05) is 30.9 Å². The summed E-state index contributed by atoms with van der Waals surface area (Å²) in [5.41, 5.74) is 1.90. The lowest BCUT2D eigenvalue weighted by Gasteiger charge is -2.42. The maximum Gasteiger partial charge on any atom is 0.319 e. The van der Waals surface area contributed by atoms with Crippen LogP contribution in [0.3, 0.4) is 0 Å². The molecule has 5 rings (SSSR count). The van der Waals surface area contributed by atoms with Gasteiger partial charge in [0.15, 0.2) is 5.58 Å². The van der Waals surface area contributed by atoms with Crippen molar-refractivity contribution in [2.24, 2.45) is 5.92 Å². The van der Waals surface area contributed by atoms with Crippen molar-refractivity contribution in [3.05, 3.63) is 22.5 Å². The van der Waals surface area contributed by atoms with E-state index in [0.29, 0.717) is 47.4 Å². The number of carbonyl (C=O) groups excluding carboxylic acids is 2. The minimum atomic E-state index is -0.546. The number of nitrogens with one attached hydrogen (secondary N) is 2. The van der Waals surface area contributed by atoms with Crippen LogP contribution in [0.15, 0.2) is 10.5 Å². The molecule has 3 amide bonds. The second kappa shape index (κ2) is 7.42. The number of rotatable bonds is 3. The maximum absolute atomic E-state index is 13.0. The van der Waals surface area contributed by atoms with E-state index in [0.717, 1.165) is 44.1 Å². The van der Waals surface area contributed by atoms with E-state index in [9.17, 15) is 9.59 Å². The third-order valence-corrected chi connectivity index (χ3v) is 6.87. The summed E-state index contributed by atoms with van der Waals surface area (Å²) in [5.74, 6) is 0.172. The molecule has 1 aromatic carbocycles. The molecule has 1 saturated heterocycles. The first-order valence-corrected chi connectivity index (χ1v) is 10.9. The van der Waals surface area contributed by atoms with Gasteiger partial charge in [0.2, 0.25) is 0 Å². The summed E-state index contributed by atoms with van der Waals surface area (Å²) >= 11 is 6.53. The van der Waals surface area contributed by atoms with Crippen molar-refractivity contribution >= 4 is 40.3 Å². The Morgan fingerprint density at radius 2 is 2.20 bits per heavy atom. The average molecular weight is 433 g/mol. The highest BCUT2D eigenvalue weighted by atomic mass is 35.5. The van der Waals surface area contributed by atoms with Crippen molar-refractivity contribution in [1.29, 1.82) is 0 Å². The number of hydrogen-bond acceptors (Lipinski definition) is 5. The predicted molar refractivity (Wildman–Crippen MR) is 112 cm³/mol. The summed E-state index contributed by atoms with van der Waals surface area (Å²) in [6, 6.07) is 1.40. The standard InChI is InChI=1S/C21H25ClN4O4/c1-29-11-12-5-8-26(10-12)19(27)18-23-14-9-13(22)16-15(17(14)30-18)21(25-20(28)24-16)6-3-2-4-7-21/h9,12H,2-8,10-11H2,1H3,(H2,24,25,28)/t12-/m1/s1.